The van der Waals surface area contributed by atoms with E-state index in [0.717, 1.165) is 6.26 Å². The molecule has 8 nitrogen and oxygen atoms in total. The summed E-state index contributed by atoms with van der Waals surface area (Å²) in [6.45, 7) is 3.59. The number of rotatable bonds is 5. The van der Waals surface area contributed by atoms with Gasteiger partial charge in [-0.1, -0.05) is 0 Å². The summed E-state index contributed by atoms with van der Waals surface area (Å²) in [6.07, 6.45) is 5.47. The molecule has 1 aliphatic carbocycles. The number of sulfonamides is 1. The molecule has 2 heterocycles. The van der Waals surface area contributed by atoms with Crippen LogP contribution in [0.1, 0.15) is 58.6 Å². The van der Waals surface area contributed by atoms with Crippen molar-refractivity contribution in [2.45, 2.75) is 51.6 Å². The van der Waals surface area contributed by atoms with E-state index in [9.17, 15) is 22.4 Å². The summed E-state index contributed by atoms with van der Waals surface area (Å²) >= 11 is 0. The second-order valence-electron chi connectivity index (χ2n) is 8.78. The summed E-state index contributed by atoms with van der Waals surface area (Å²) in [4.78, 5) is 28.6. The average molecular weight is 475 g/mol. The number of H-pyrrole nitrogens is 1. The molecular formula is C23H27FN4O4S. The van der Waals surface area contributed by atoms with Crippen molar-refractivity contribution >= 4 is 39.2 Å². The number of carbonyl (C=O) groups excluding carboxylic acids is 2. The predicted octanol–water partition coefficient (Wildman–Crippen LogP) is 2.85. The number of hydrogen-bond donors (Lipinski definition) is 4. The number of carbonyl (C=O) groups is 2. The highest BCUT2D eigenvalue weighted by Crippen LogP contribution is 2.34. The van der Waals surface area contributed by atoms with Crippen molar-refractivity contribution in [2.24, 2.45) is 0 Å². The minimum absolute atomic E-state index is 0.0407. The lowest BCUT2D eigenvalue weighted by Gasteiger charge is -2.29. The van der Waals surface area contributed by atoms with Gasteiger partial charge in [0.05, 0.1) is 17.4 Å². The maximum Gasteiger partial charge on any atom is 0.256 e. The number of amides is 2. The molecule has 1 aromatic heterocycles. The van der Waals surface area contributed by atoms with Crippen LogP contribution >= 0.6 is 0 Å². The largest absolute Gasteiger partial charge is 0.358 e. The molecule has 0 saturated heterocycles. The van der Waals surface area contributed by atoms with E-state index in [1.54, 1.807) is 19.9 Å². The lowest BCUT2D eigenvalue weighted by molar-refractivity contribution is -0.110. The Labute approximate surface area is 192 Å². The van der Waals surface area contributed by atoms with Crippen LogP contribution < -0.4 is 15.4 Å². The molecule has 2 aliphatic rings. The molecule has 0 bridgehead atoms. The number of nitrogens with one attached hydrogen (secondary N) is 4. The Morgan fingerprint density at radius 2 is 1.82 bits per heavy atom. The van der Waals surface area contributed by atoms with Crippen LogP contribution in [0.25, 0.3) is 11.6 Å². The van der Waals surface area contributed by atoms with E-state index in [4.69, 9.17) is 0 Å². The molecule has 2 aromatic rings. The molecule has 1 aromatic carbocycles. The van der Waals surface area contributed by atoms with Crippen LogP contribution in [-0.4, -0.2) is 43.6 Å². The smallest absolute Gasteiger partial charge is 0.256 e. The Morgan fingerprint density at radius 3 is 2.48 bits per heavy atom. The van der Waals surface area contributed by atoms with E-state index < -0.39 is 15.8 Å². The molecule has 0 atom stereocenters. The van der Waals surface area contributed by atoms with E-state index in [2.05, 4.69) is 20.3 Å². The quantitative estimate of drug-likeness (QED) is 0.498. The Balaban J connectivity index is 1.50. The van der Waals surface area contributed by atoms with Crippen molar-refractivity contribution in [1.82, 2.24) is 15.0 Å². The molecule has 10 heteroatoms. The van der Waals surface area contributed by atoms with E-state index in [1.165, 1.54) is 18.2 Å². The monoisotopic (exact) mass is 474 g/mol. The molecule has 33 heavy (non-hydrogen) atoms. The molecule has 1 saturated carbocycles. The van der Waals surface area contributed by atoms with E-state index in [-0.39, 0.29) is 23.9 Å². The first kappa shape index (κ1) is 23.2. The molecule has 176 valence electrons. The summed E-state index contributed by atoms with van der Waals surface area (Å²) in [7, 11) is -3.25. The zero-order chi connectivity index (χ0) is 23.9. The maximum atomic E-state index is 13.7. The van der Waals surface area contributed by atoms with Gasteiger partial charge in [0.15, 0.2) is 0 Å². The number of aryl methyl sites for hydroxylation is 1. The maximum absolute atomic E-state index is 13.7. The number of hydrogen-bond acceptors (Lipinski definition) is 4. The molecule has 1 aliphatic heterocycles. The number of anilines is 1. The number of benzene rings is 1. The Bertz CT molecular complexity index is 1260. The van der Waals surface area contributed by atoms with E-state index in [1.807, 2.05) is 0 Å². The van der Waals surface area contributed by atoms with Gasteiger partial charge in [0.2, 0.25) is 10.0 Å². The van der Waals surface area contributed by atoms with Gasteiger partial charge in [-0.3, -0.25) is 9.59 Å². The fraction of sp³-hybridized carbons (Fsp3) is 0.391. The SMILES string of the molecule is Cc1[nH]c(C=C2C(=O)Nc3ccc(F)cc32)c(C)c1C(=O)NC1CCC(NS(C)(=O)=O)CC1. The number of aromatic nitrogens is 1. The van der Waals surface area contributed by atoms with Gasteiger partial charge in [0.25, 0.3) is 11.8 Å². The van der Waals surface area contributed by atoms with Crippen molar-refractivity contribution < 1.29 is 22.4 Å². The third-order valence-electron chi connectivity index (χ3n) is 6.20. The third-order valence-corrected chi connectivity index (χ3v) is 6.96. The Kier molecular flexibility index (Phi) is 6.15. The fourth-order valence-electron chi connectivity index (χ4n) is 4.62. The number of aromatic amines is 1. The topological polar surface area (TPSA) is 120 Å². The van der Waals surface area contributed by atoms with Gasteiger partial charge in [-0.05, 0) is 69.4 Å². The van der Waals surface area contributed by atoms with Gasteiger partial charge in [-0.2, -0.15) is 0 Å². The first-order valence-corrected chi connectivity index (χ1v) is 12.7. The van der Waals surface area contributed by atoms with Gasteiger partial charge < -0.3 is 15.6 Å². The van der Waals surface area contributed by atoms with Crippen molar-refractivity contribution in [3.63, 3.8) is 0 Å². The van der Waals surface area contributed by atoms with Crippen molar-refractivity contribution in [1.29, 1.82) is 0 Å². The molecule has 4 N–H and O–H groups in total. The molecule has 1 fully saturated rings. The minimum atomic E-state index is -3.25. The molecule has 0 unspecified atom stereocenters. The molecule has 0 radical (unpaired) electrons. The fourth-order valence-corrected chi connectivity index (χ4v) is 5.46. The summed E-state index contributed by atoms with van der Waals surface area (Å²) in [5.41, 5.74) is 3.85. The first-order chi connectivity index (χ1) is 15.5. The van der Waals surface area contributed by atoms with Gasteiger partial charge >= 0.3 is 0 Å². The third kappa shape index (κ3) is 5.01. The van der Waals surface area contributed by atoms with E-state index in [0.29, 0.717) is 65.0 Å². The van der Waals surface area contributed by atoms with E-state index >= 15 is 0 Å². The lowest BCUT2D eigenvalue weighted by Crippen LogP contribution is -2.43. The number of fused-ring (bicyclic) bond motifs is 1. The highest BCUT2D eigenvalue weighted by atomic mass is 32.2. The average Bonchev–Trinajstić information content (AvgIpc) is 3.18. The van der Waals surface area contributed by atoms with Crippen LogP contribution in [0.5, 0.6) is 0 Å². The number of halogens is 1. The molecule has 4 rings (SSSR count). The normalized spacial score (nSPS) is 21.7. The van der Waals surface area contributed by atoms with Gasteiger partial charge in [0.1, 0.15) is 5.82 Å². The van der Waals surface area contributed by atoms with Crippen LogP contribution in [-0.2, 0) is 14.8 Å². The molecular weight excluding hydrogens is 447 g/mol. The molecule has 2 amide bonds. The lowest BCUT2D eigenvalue weighted by atomic mass is 9.91. The van der Waals surface area contributed by atoms with Crippen molar-refractivity contribution in [3.05, 3.63) is 52.1 Å². The second kappa shape index (κ2) is 8.75. The first-order valence-electron chi connectivity index (χ1n) is 10.8. The molecule has 0 spiro atoms. The van der Waals surface area contributed by atoms with Crippen LogP contribution in [0, 0.1) is 19.7 Å². The highest BCUT2D eigenvalue weighted by Gasteiger charge is 2.28. The predicted molar refractivity (Wildman–Crippen MR) is 125 cm³/mol. The Hall–Kier alpha value is -2.98. The van der Waals surface area contributed by atoms with Gasteiger partial charge in [0, 0.05) is 34.7 Å². The summed E-state index contributed by atoms with van der Waals surface area (Å²) in [5, 5.41) is 5.77. The van der Waals surface area contributed by atoms with Crippen LogP contribution in [0.4, 0.5) is 10.1 Å². The van der Waals surface area contributed by atoms with Crippen LogP contribution in [0.2, 0.25) is 0 Å². The standard InChI is InChI=1S/C23H27FN4O4S/c1-12-20(11-18-17-10-14(24)4-9-19(17)27-22(18)29)25-13(2)21(12)23(30)26-15-5-7-16(8-6-15)28-33(3,31)32/h4,9-11,15-16,25,28H,5-8H2,1-3H3,(H,26,30)(H,27,29). The summed E-state index contributed by atoms with van der Waals surface area (Å²) < 4.78 is 39.2. The van der Waals surface area contributed by atoms with Crippen LogP contribution in [0.3, 0.4) is 0 Å². The summed E-state index contributed by atoms with van der Waals surface area (Å²) in [6, 6.07) is 3.98. The van der Waals surface area contributed by atoms with Crippen molar-refractivity contribution in [2.75, 3.05) is 11.6 Å². The Morgan fingerprint density at radius 1 is 1.15 bits per heavy atom. The second-order valence-corrected chi connectivity index (χ2v) is 10.6. The van der Waals surface area contributed by atoms with Gasteiger partial charge in [-0.15, -0.1) is 0 Å². The van der Waals surface area contributed by atoms with Gasteiger partial charge in [-0.25, -0.2) is 17.5 Å². The summed E-state index contributed by atoms with van der Waals surface area (Å²) in [5.74, 6) is -0.975. The highest BCUT2D eigenvalue weighted by molar-refractivity contribution is 7.88. The van der Waals surface area contributed by atoms with Crippen molar-refractivity contribution in [3.8, 4) is 0 Å². The van der Waals surface area contributed by atoms with Crippen LogP contribution in [0.15, 0.2) is 18.2 Å². The zero-order valence-electron chi connectivity index (χ0n) is 18.7. The zero-order valence-corrected chi connectivity index (χ0v) is 19.5. The minimum Gasteiger partial charge on any atom is -0.358 e.